The minimum Gasteiger partial charge on any atom is -0.387 e. The van der Waals surface area contributed by atoms with E-state index in [4.69, 9.17) is 4.74 Å². The van der Waals surface area contributed by atoms with Crippen molar-refractivity contribution < 1.29 is 14.2 Å². The molecule has 0 radical (unpaired) electrons. The molecule has 128 valence electrons. The van der Waals surface area contributed by atoms with Crippen LogP contribution in [-0.4, -0.2) is 35.7 Å². The van der Waals surface area contributed by atoms with Gasteiger partial charge in [0.1, 0.15) is 5.82 Å². The normalized spacial score (nSPS) is 17.8. The van der Waals surface area contributed by atoms with Crippen LogP contribution in [0.4, 0.5) is 4.39 Å². The van der Waals surface area contributed by atoms with Crippen molar-refractivity contribution in [1.82, 2.24) is 4.90 Å². The van der Waals surface area contributed by atoms with Crippen LogP contribution >= 0.6 is 0 Å². The van der Waals surface area contributed by atoms with Crippen LogP contribution in [0.5, 0.6) is 0 Å². The number of hydrogen-bond donors (Lipinski definition) is 1. The van der Waals surface area contributed by atoms with Gasteiger partial charge in [-0.3, -0.25) is 0 Å². The number of likely N-dealkylation sites (tertiary alicyclic amines) is 1. The minimum absolute atomic E-state index is 0.257. The molecule has 1 aliphatic rings. The lowest BCUT2D eigenvalue weighted by Crippen LogP contribution is -2.39. The van der Waals surface area contributed by atoms with Crippen molar-refractivity contribution >= 4 is 0 Å². The highest BCUT2D eigenvalue weighted by Gasteiger charge is 2.23. The predicted octanol–water partition coefficient (Wildman–Crippen LogP) is 3.54. The molecule has 1 aliphatic heterocycles. The molecule has 3 nitrogen and oxygen atoms in total. The van der Waals surface area contributed by atoms with Crippen molar-refractivity contribution in [3.63, 3.8) is 0 Å². The first-order valence-corrected chi connectivity index (χ1v) is 8.53. The average molecular weight is 329 g/mol. The highest BCUT2D eigenvalue weighted by atomic mass is 19.1. The van der Waals surface area contributed by atoms with Gasteiger partial charge in [0.25, 0.3) is 0 Å². The number of rotatable bonds is 6. The molecule has 1 N–H and O–H groups in total. The van der Waals surface area contributed by atoms with E-state index >= 15 is 0 Å². The third kappa shape index (κ3) is 4.63. The lowest BCUT2D eigenvalue weighted by molar-refractivity contribution is -0.0111. The van der Waals surface area contributed by atoms with Crippen LogP contribution in [0, 0.1) is 5.82 Å². The zero-order valence-electron chi connectivity index (χ0n) is 13.8. The highest BCUT2D eigenvalue weighted by Crippen LogP contribution is 2.21. The molecule has 4 heteroatoms. The summed E-state index contributed by atoms with van der Waals surface area (Å²) in [6.45, 7) is 2.84. The Hall–Kier alpha value is -1.75. The first kappa shape index (κ1) is 17.1. The Morgan fingerprint density at radius 1 is 1.04 bits per heavy atom. The number of halogens is 1. The van der Waals surface area contributed by atoms with Crippen molar-refractivity contribution in [3.8, 4) is 0 Å². The number of aliphatic hydroxyl groups excluding tert-OH is 1. The number of piperidine rings is 1. The highest BCUT2D eigenvalue weighted by molar-refractivity contribution is 5.20. The molecule has 0 bridgehead atoms. The lowest BCUT2D eigenvalue weighted by Gasteiger charge is -2.33. The molecule has 3 rings (SSSR count). The number of benzene rings is 2. The van der Waals surface area contributed by atoms with Gasteiger partial charge in [0, 0.05) is 25.2 Å². The van der Waals surface area contributed by atoms with Crippen LogP contribution < -0.4 is 0 Å². The summed E-state index contributed by atoms with van der Waals surface area (Å²) < 4.78 is 19.7. The zero-order valence-corrected chi connectivity index (χ0v) is 13.8. The molecule has 24 heavy (non-hydrogen) atoms. The summed E-state index contributed by atoms with van der Waals surface area (Å²) >= 11 is 0. The van der Waals surface area contributed by atoms with E-state index in [1.54, 1.807) is 18.2 Å². The predicted molar refractivity (Wildman–Crippen MR) is 92.1 cm³/mol. The smallest absolute Gasteiger partial charge is 0.129 e. The number of nitrogens with zero attached hydrogens (tertiary/aromatic N) is 1. The monoisotopic (exact) mass is 329 g/mol. The van der Waals surface area contributed by atoms with Crippen LogP contribution in [0.15, 0.2) is 54.6 Å². The fourth-order valence-corrected chi connectivity index (χ4v) is 3.14. The topological polar surface area (TPSA) is 32.7 Å². The molecule has 1 heterocycles. The molecule has 0 spiro atoms. The molecular formula is C20H24FNO2. The molecule has 2 aromatic carbocycles. The molecule has 1 fully saturated rings. The Balaban J connectivity index is 1.43. The lowest BCUT2D eigenvalue weighted by atomic mass is 10.0. The van der Waals surface area contributed by atoms with Gasteiger partial charge in [-0.25, -0.2) is 4.39 Å². The number of hydrogen-bond acceptors (Lipinski definition) is 3. The van der Waals surface area contributed by atoms with Gasteiger partial charge < -0.3 is 14.7 Å². The Kier molecular flexibility index (Phi) is 5.96. The summed E-state index contributed by atoms with van der Waals surface area (Å²) in [5.74, 6) is -0.342. The standard InChI is InChI=1S/C20H24FNO2/c21-19-9-5-4-8-18(19)20(23)14-22-12-10-17(11-13-22)24-15-16-6-2-1-3-7-16/h1-9,17,20,23H,10-15H2. The van der Waals surface area contributed by atoms with Gasteiger partial charge in [0.05, 0.1) is 18.8 Å². The van der Waals surface area contributed by atoms with Crippen LogP contribution in [0.1, 0.15) is 30.1 Å². The molecule has 2 aromatic rings. The van der Waals surface area contributed by atoms with E-state index in [2.05, 4.69) is 17.0 Å². The summed E-state index contributed by atoms with van der Waals surface area (Å²) in [4.78, 5) is 2.18. The Bertz CT molecular complexity index is 627. The molecule has 0 aromatic heterocycles. The van der Waals surface area contributed by atoms with Crippen molar-refractivity contribution in [1.29, 1.82) is 0 Å². The molecular weight excluding hydrogens is 305 g/mol. The van der Waals surface area contributed by atoms with Crippen molar-refractivity contribution in [2.75, 3.05) is 19.6 Å². The fourth-order valence-electron chi connectivity index (χ4n) is 3.14. The fraction of sp³-hybridized carbons (Fsp3) is 0.400. The SMILES string of the molecule is OC(CN1CCC(OCc2ccccc2)CC1)c1ccccc1F. The Morgan fingerprint density at radius 3 is 2.42 bits per heavy atom. The maximum absolute atomic E-state index is 13.7. The van der Waals surface area contributed by atoms with Crippen LogP contribution in [0.2, 0.25) is 0 Å². The van der Waals surface area contributed by atoms with E-state index in [1.165, 1.54) is 11.6 Å². The second-order valence-corrected chi connectivity index (χ2v) is 6.33. The maximum atomic E-state index is 13.7. The van der Waals surface area contributed by atoms with E-state index < -0.39 is 6.10 Å². The van der Waals surface area contributed by atoms with Crippen molar-refractivity contribution in [2.24, 2.45) is 0 Å². The zero-order chi connectivity index (χ0) is 16.8. The van der Waals surface area contributed by atoms with E-state index in [9.17, 15) is 9.50 Å². The van der Waals surface area contributed by atoms with E-state index in [-0.39, 0.29) is 11.9 Å². The van der Waals surface area contributed by atoms with E-state index in [0.29, 0.717) is 18.7 Å². The van der Waals surface area contributed by atoms with Gasteiger partial charge in [0.15, 0.2) is 0 Å². The quantitative estimate of drug-likeness (QED) is 0.880. The Labute approximate surface area is 142 Å². The minimum atomic E-state index is -0.784. The molecule has 0 amide bonds. The van der Waals surface area contributed by atoms with Gasteiger partial charge >= 0.3 is 0 Å². The van der Waals surface area contributed by atoms with Gasteiger partial charge in [-0.15, -0.1) is 0 Å². The molecule has 0 saturated carbocycles. The summed E-state index contributed by atoms with van der Waals surface area (Å²) in [6.07, 6.45) is 1.35. The van der Waals surface area contributed by atoms with E-state index in [1.807, 2.05) is 18.2 Å². The van der Waals surface area contributed by atoms with E-state index in [0.717, 1.165) is 25.9 Å². The summed E-state index contributed by atoms with van der Waals surface area (Å²) in [7, 11) is 0. The van der Waals surface area contributed by atoms with Gasteiger partial charge in [-0.1, -0.05) is 48.5 Å². The van der Waals surface area contributed by atoms with Gasteiger partial charge in [-0.2, -0.15) is 0 Å². The third-order valence-corrected chi connectivity index (χ3v) is 4.56. The second-order valence-electron chi connectivity index (χ2n) is 6.33. The molecule has 1 atom stereocenters. The number of ether oxygens (including phenoxy) is 1. The Morgan fingerprint density at radius 2 is 1.71 bits per heavy atom. The number of aliphatic hydroxyl groups is 1. The molecule has 0 aliphatic carbocycles. The number of β-amino-alcohol motifs (C(OH)–C–C–N with tert-alkyl or cyclic N) is 1. The maximum Gasteiger partial charge on any atom is 0.129 e. The van der Waals surface area contributed by atoms with Crippen LogP contribution in [0.3, 0.4) is 0 Å². The summed E-state index contributed by atoms with van der Waals surface area (Å²) in [5, 5.41) is 10.3. The van der Waals surface area contributed by atoms with Crippen molar-refractivity contribution in [3.05, 3.63) is 71.5 Å². The summed E-state index contributed by atoms with van der Waals surface area (Å²) in [5.41, 5.74) is 1.56. The van der Waals surface area contributed by atoms with Gasteiger partial charge in [0.2, 0.25) is 0 Å². The second kappa shape index (κ2) is 8.38. The van der Waals surface area contributed by atoms with Gasteiger partial charge in [-0.05, 0) is 24.5 Å². The first-order valence-electron chi connectivity index (χ1n) is 8.53. The third-order valence-electron chi connectivity index (χ3n) is 4.56. The largest absolute Gasteiger partial charge is 0.387 e. The van der Waals surface area contributed by atoms with Crippen molar-refractivity contribution in [2.45, 2.75) is 31.7 Å². The average Bonchev–Trinajstić information content (AvgIpc) is 2.62. The van der Waals surface area contributed by atoms with Crippen LogP contribution in [0.25, 0.3) is 0 Å². The van der Waals surface area contributed by atoms with Crippen LogP contribution in [-0.2, 0) is 11.3 Å². The summed E-state index contributed by atoms with van der Waals surface area (Å²) in [6, 6.07) is 16.6. The molecule has 1 saturated heterocycles. The molecule has 1 unspecified atom stereocenters. The first-order chi connectivity index (χ1) is 11.7.